The molecule has 0 unspecified atom stereocenters. The molecule has 0 fully saturated rings. The summed E-state index contributed by atoms with van der Waals surface area (Å²) in [5, 5.41) is 8.27. The van der Waals surface area contributed by atoms with Crippen molar-refractivity contribution in [2.45, 2.75) is 19.5 Å². The molecule has 0 aliphatic carbocycles. The molecule has 0 bridgehead atoms. The Balaban J connectivity index is 3.15. The summed E-state index contributed by atoms with van der Waals surface area (Å²) >= 11 is 0. The van der Waals surface area contributed by atoms with E-state index in [1.807, 2.05) is 0 Å². The molecular formula is C7H5F3N4. The molecule has 14 heavy (non-hydrogen) atoms. The summed E-state index contributed by atoms with van der Waals surface area (Å²) in [5.41, 5.74) is 0. The summed E-state index contributed by atoms with van der Waals surface area (Å²) in [5.74, 6) is -1.46. The molecule has 0 N–H and O–H groups in total. The average Bonchev–Trinajstić information content (AvgIpc) is 2.02. The Morgan fingerprint density at radius 1 is 1.29 bits per heavy atom. The van der Waals surface area contributed by atoms with Gasteiger partial charge in [-0.25, -0.2) is 15.0 Å². The lowest BCUT2D eigenvalue weighted by Gasteiger charge is -2.05. The SMILES string of the molecule is Cc1nc(CC#N)nc(C(F)(F)F)n1. The van der Waals surface area contributed by atoms with Gasteiger partial charge in [0.1, 0.15) is 11.6 Å². The first kappa shape index (κ1) is 10.4. The van der Waals surface area contributed by atoms with Gasteiger partial charge in [0.2, 0.25) is 5.82 Å². The number of nitriles is 1. The summed E-state index contributed by atoms with van der Waals surface area (Å²) < 4.78 is 36.5. The Labute approximate surface area is 77.4 Å². The van der Waals surface area contributed by atoms with Gasteiger partial charge in [0.05, 0.1) is 12.5 Å². The maximum Gasteiger partial charge on any atom is 0.451 e. The molecule has 0 amide bonds. The van der Waals surface area contributed by atoms with Gasteiger partial charge in [-0.2, -0.15) is 18.4 Å². The van der Waals surface area contributed by atoms with E-state index in [0.29, 0.717) is 0 Å². The molecule has 0 spiro atoms. The van der Waals surface area contributed by atoms with Crippen molar-refractivity contribution in [1.82, 2.24) is 15.0 Å². The van der Waals surface area contributed by atoms with Crippen LogP contribution in [0.2, 0.25) is 0 Å². The fourth-order valence-corrected chi connectivity index (χ4v) is 0.814. The molecule has 0 radical (unpaired) electrons. The lowest BCUT2D eigenvalue weighted by atomic mass is 10.4. The molecule has 0 aromatic carbocycles. The highest BCUT2D eigenvalue weighted by Crippen LogP contribution is 2.25. The number of nitrogens with zero attached hydrogens (tertiary/aromatic N) is 4. The molecule has 1 aromatic rings. The van der Waals surface area contributed by atoms with Crippen molar-refractivity contribution in [3.8, 4) is 6.07 Å². The zero-order valence-corrected chi connectivity index (χ0v) is 7.13. The van der Waals surface area contributed by atoms with Crippen LogP contribution in [0.1, 0.15) is 17.5 Å². The molecule has 0 saturated carbocycles. The topological polar surface area (TPSA) is 62.5 Å². The zero-order chi connectivity index (χ0) is 10.8. The van der Waals surface area contributed by atoms with Gasteiger partial charge in [-0.05, 0) is 6.92 Å². The van der Waals surface area contributed by atoms with E-state index in [9.17, 15) is 13.2 Å². The Bertz CT molecular complexity index is 380. The largest absolute Gasteiger partial charge is 0.451 e. The van der Waals surface area contributed by atoms with Crippen LogP contribution in [0, 0.1) is 18.3 Å². The van der Waals surface area contributed by atoms with Gasteiger partial charge in [-0.1, -0.05) is 0 Å². The molecule has 0 aliphatic rings. The van der Waals surface area contributed by atoms with Crippen LogP contribution >= 0.6 is 0 Å². The highest BCUT2D eigenvalue weighted by Gasteiger charge is 2.35. The second-order valence-corrected chi connectivity index (χ2v) is 2.46. The lowest BCUT2D eigenvalue weighted by molar-refractivity contribution is -0.145. The standard InChI is InChI=1S/C7H5F3N4/c1-4-12-5(2-3-11)14-6(13-4)7(8,9)10/h2H2,1H3. The number of hydrogen-bond donors (Lipinski definition) is 0. The van der Waals surface area contributed by atoms with Gasteiger partial charge in [-0.3, -0.25) is 0 Å². The normalized spacial score (nSPS) is 11.1. The molecule has 74 valence electrons. The van der Waals surface area contributed by atoms with Crippen molar-refractivity contribution in [2.24, 2.45) is 0 Å². The summed E-state index contributed by atoms with van der Waals surface area (Å²) in [7, 11) is 0. The maximum absolute atomic E-state index is 12.2. The van der Waals surface area contributed by atoms with Gasteiger partial charge in [0.15, 0.2) is 0 Å². The average molecular weight is 202 g/mol. The summed E-state index contributed by atoms with van der Waals surface area (Å²) in [6.07, 6.45) is -4.86. The van der Waals surface area contributed by atoms with E-state index < -0.39 is 12.0 Å². The molecule has 0 saturated heterocycles. The Morgan fingerprint density at radius 2 is 1.93 bits per heavy atom. The molecule has 1 aromatic heterocycles. The zero-order valence-electron chi connectivity index (χ0n) is 7.13. The minimum Gasteiger partial charge on any atom is -0.217 e. The van der Waals surface area contributed by atoms with Gasteiger partial charge in [0, 0.05) is 0 Å². The fourth-order valence-electron chi connectivity index (χ4n) is 0.814. The van der Waals surface area contributed by atoms with E-state index in [1.165, 1.54) is 6.92 Å². The Morgan fingerprint density at radius 3 is 2.43 bits per heavy atom. The Kier molecular flexibility index (Phi) is 2.65. The predicted molar refractivity (Wildman–Crippen MR) is 38.9 cm³/mol. The first-order valence-electron chi connectivity index (χ1n) is 3.59. The van der Waals surface area contributed by atoms with Crippen molar-refractivity contribution in [1.29, 1.82) is 5.26 Å². The number of aromatic nitrogens is 3. The number of rotatable bonds is 1. The molecule has 4 nitrogen and oxygen atoms in total. The minimum absolute atomic E-state index is 0.0439. The number of aryl methyl sites for hydroxylation is 1. The highest BCUT2D eigenvalue weighted by atomic mass is 19.4. The summed E-state index contributed by atoms with van der Waals surface area (Å²) in [6.45, 7) is 1.32. The monoisotopic (exact) mass is 202 g/mol. The van der Waals surface area contributed by atoms with Crippen molar-refractivity contribution in [3.05, 3.63) is 17.5 Å². The fraction of sp³-hybridized carbons (Fsp3) is 0.429. The van der Waals surface area contributed by atoms with E-state index in [4.69, 9.17) is 5.26 Å². The third-order valence-electron chi connectivity index (χ3n) is 1.28. The molecular weight excluding hydrogens is 197 g/mol. The van der Waals surface area contributed by atoms with Crippen LogP contribution in [0.15, 0.2) is 0 Å². The van der Waals surface area contributed by atoms with Gasteiger partial charge in [0.25, 0.3) is 0 Å². The van der Waals surface area contributed by atoms with Crippen LogP contribution in [0.5, 0.6) is 0 Å². The lowest BCUT2D eigenvalue weighted by Crippen LogP contribution is -2.15. The number of hydrogen-bond acceptors (Lipinski definition) is 4. The second kappa shape index (κ2) is 3.57. The molecule has 1 rings (SSSR count). The minimum atomic E-state index is -4.60. The predicted octanol–water partition coefficient (Wildman–Crippen LogP) is 1.26. The molecule has 1 heterocycles. The van der Waals surface area contributed by atoms with E-state index in [2.05, 4.69) is 15.0 Å². The quantitative estimate of drug-likeness (QED) is 0.687. The van der Waals surface area contributed by atoms with Crippen LogP contribution in [-0.2, 0) is 12.6 Å². The van der Waals surface area contributed by atoms with Crippen LogP contribution < -0.4 is 0 Å². The van der Waals surface area contributed by atoms with Crippen LogP contribution in [0.25, 0.3) is 0 Å². The number of halogens is 3. The van der Waals surface area contributed by atoms with Crippen LogP contribution in [0.3, 0.4) is 0 Å². The highest BCUT2D eigenvalue weighted by molar-refractivity contribution is 5.02. The van der Waals surface area contributed by atoms with Crippen LogP contribution in [0.4, 0.5) is 13.2 Å². The smallest absolute Gasteiger partial charge is 0.217 e. The summed E-state index contributed by atoms with van der Waals surface area (Å²) in [6, 6.07) is 1.67. The van der Waals surface area contributed by atoms with Gasteiger partial charge >= 0.3 is 6.18 Å². The van der Waals surface area contributed by atoms with Crippen molar-refractivity contribution in [3.63, 3.8) is 0 Å². The maximum atomic E-state index is 12.2. The second-order valence-electron chi connectivity index (χ2n) is 2.46. The first-order valence-corrected chi connectivity index (χ1v) is 3.59. The molecule has 0 aliphatic heterocycles. The van der Waals surface area contributed by atoms with E-state index in [1.54, 1.807) is 6.07 Å². The van der Waals surface area contributed by atoms with Crippen molar-refractivity contribution < 1.29 is 13.2 Å². The molecule has 7 heteroatoms. The van der Waals surface area contributed by atoms with E-state index in [0.717, 1.165) is 0 Å². The van der Waals surface area contributed by atoms with Crippen LogP contribution in [-0.4, -0.2) is 15.0 Å². The first-order chi connectivity index (χ1) is 6.43. The van der Waals surface area contributed by atoms with Crippen molar-refractivity contribution >= 4 is 0 Å². The third-order valence-corrected chi connectivity index (χ3v) is 1.28. The number of alkyl halides is 3. The van der Waals surface area contributed by atoms with Gasteiger partial charge in [-0.15, -0.1) is 0 Å². The summed E-state index contributed by atoms with van der Waals surface area (Å²) in [4.78, 5) is 9.85. The Hall–Kier alpha value is -1.71. The van der Waals surface area contributed by atoms with Crippen molar-refractivity contribution in [2.75, 3.05) is 0 Å². The van der Waals surface area contributed by atoms with E-state index in [-0.39, 0.29) is 18.1 Å². The molecule has 0 atom stereocenters. The van der Waals surface area contributed by atoms with Gasteiger partial charge < -0.3 is 0 Å². The third kappa shape index (κ3) is 2.39. The van der Waals surface area contributed by atoms with E-state index >= 15 is 0 Å².